The Morgan fingerprint density at radius 2 is 1.53 bits per heavy atom. The van der Waals surface area contributed by atoms with Crippen molar-refractivity contribution in [2.75, 3.05) is 24.5 Å². The molecule has 8 heteroatoms. The van der Waals surface area contributed by atoms with Crippen LogP contribution in [0.2, 0.25) is 0 Å². The van der Waals surface area contributed by atoms with Crippen LogP contribution >= 0.6 is 0 Å². The number of amides is 1. The molecule has 3 aromatic carbocycles. The van der Waals surface area contributed by atoms with Crippen LogP contribution in [-0.4, -0.2) is 53.4 Å². The predicted molar refractivity (Wildman–Crippen MR) is 173 cm³/mol. The number of rotatable bonds is 8. The summed E-state index contributed by atoms with van der Waals surface area (Å²) in [4.78, 5) is 21.1. The van der Waals surface area contributed by atoms with Gasteiger partial charge in [-0.15, -0.1) is 0 Å². The standard InChI is InChI=1S/C37H40FN3O4/c1-37(2,3)45-36(42)40-21-20-33(31(38)23-40)41-22-19-29-28(15-10-16-32(29)41)30-17-18-34(43-24-26-11-6-4-7-12-26)39-35(30)44-25-27-13-8-5-9-14-27/h4-18,31,33H,19-25H2,1-3H3/t31-,33+/m0/s1. The number of ether oxygens (including phenoxy) is 3. The molecule has 1 aromatic heterocycles. The largest absolute Gasteiger partial charge is 0.473 e. The van der Waals surface area contributed by atoms with E-state index >= 15 is 4.39 Å². The van der Waals surface area contributed by atoms with Crippen LogP contribution in [0.1, 0.15) is 43.9 Å². The third-order valence-corrected chi connectivity index (χ3v) is 8.20. The van der Waals surface area contributed by atoms with Gasteiger partial charge in [-0.2, -0.15) is 4.98 Å². The maximum atomic E-state index is 15.7. The summed E-state index contributed by atoms with van der Waals surface area (Å²) in [6, 6.07) is 29.7. The molecule has 2 aliphatic rings. The molecule has 0 aliphatic carbocycles. The van der Waals surface area contributed by atoms with E-state index in [0.717, 1.165) is 39.9 Å². The summed E-state index contributed by atoms with van der Waals surface area (Å²) in [5, 5.41) is 0. The number of carbonyl (C=O) groups is 1. The lowest BCUT2D eigenvalue weighted by molar-refractivity contribution is 0.0112. The Balaban J connectivity index is 1.24. The lowest BCUT2D eigenvalue weighted by atomic mass is 9.97. The monoisotopic (exact) mass is 609 g/mol. The average molecular weight is 610 g/mol. The number of aromatic nitrogens is 1. The van der Waals surface area contributed by atoms with Crippen LogP contribution in [0.25, 0.3) is 11.1 Å². The normalized spacial score (nSPS) is 18.0. The fourth-order valence-corrected chi connectivity index (χ4v) is 6.07. The number of pyridine rings is 1. The number of hydrogen-bond acceptors (Lipinski definition) is 6. The van der Waals surface area contributed by atoms with Crippen molar-refractivity contribution in [1.29, 1.82) is 0 Å². The third kappa shape index (κ3) is 7.22. The zero-order chi connectivity index (χ0) is 31.4. The van der Waals surface area contributed by atoms with Gasteiger partial charge >= 0.3 is 6.09 Å². The van der Waals surface area contributed by atoms with Crippen molar-refractivity contribution >= 4 is 11.8 Å². The minimum absolute atomic E-state index is 0.0247. The number of anilines is 1. The number of alkyl halides is 1. The minimum Gasteiger partial charge on any atom is -0.473 e. The first-order valence-corrected chi connectivity index (χ1v) is 15.6. The molecule has 7 nitrogen and oxygen atoms in total. The molecule has 0 N–H and O–H groups in total. The fraction of sp³-hybridized carbons (Fsp3) is 0.351. The van der Waals surface area contributed by atoms with Gasteiger partial charge in [0.05, 0.1) is 12.6 Å². The van der Waals surface area contributed by atoms with Gasteiger partial charge in [-0.1, -0.05) is 72.8 Å². The molecule has 0 bridgehead atoms. The topological polar surface area (TPSA) is 64.1 Å². The van der Waals surface area contributed by atoms with Gasteiger partial charge in [-0.05, 0) is 68.0 Å². The molecule has 0 radical (unpaired) electrons. The molecule has 45 heavy (non-hydrogen) atoms. The summed E-state index contributed by atoms with van der Waals surface area (Å²) < 4.78 is 33.6. The van der Waals surface area contributed by atoms with E-state index in [9.17, 15) is 4.79 Å². The van der Waals surface area contributed by atoms with E-state index in [0.29, 0.717) is 44.5 Å². The highest BCUT2D eigenvalue weighted by Gasteiger charge is 2.39. The highest BCUT2D eigenvalue weighted by Crippen LogP contribution is 2.42. The van der Waals surface area contributed by atoms with Crippen LogP contribution in [0.15, 0.2) is 91.0 Å². The van der Waals surface area contributed by atoms with E-state index in [4.69, 9.17) is 19.2 Å². The quantitative estimate of drug-likeness (QED) is 0.205. The summed E-state index contributed by atoms with van der Waals surface area (Å²) in [6.07, 6.45) is -0.341. The Kier molecular flexibility index (Phi) is 8.92. The van der Waals surface area contributed by atoms with Gasteiger partial charge in [0.15, 0.2) is 0 Å². The fourth-order valence-electron chi connectivity index (χ4n) is 6.07. The van der Waals surface area contributed by atoms with Crippen molar-refractivity contribution < 1.29 is 23.4 Å². The second-order valence-corrected chi connectivity index (χ2v) is 12.6. The molecule has 1 amide bonds. The molecule has 0 unspecified atom stereocenters. The molecular weight excluding hydrogens is 569 g/mol. The van der Waals surface area contributed by atoms with Gasteiger partial charge in [-0.25, -0.2) is 9.18 Å². The summed E-state index contributed by atoms with van der Waals surface area (Å²) in [5.41, 5.74) is 5.52. The van der Waals surface area contributed by atoms with E-state index < -0.39 is 17.9 Å². The summed E-state index contributed by atoms with van der Waals surface area (Å²) in [6.45, 7) is 7.42. The number of nitrogens with zero attached hydrogens (tertiary/aromatic N) is 3. The lowest BCUT2D eigenvalue weighted by Gasteiger charge is -2.40. The van der Waals surface area contributed by atoms with Crippen LogP contribution in [-0.2, 0) is 24.4 Å². The zero-order valence-corrected chi connectivity index (χ0v) is 26.1. The number of likely N-dealkylation sites (tertiary alicyclic amines) is 1. The predicted octanol–water partition coefficient (Wildman–Crippen LogP) is 7.62. The average Bonchev–Trinajstić information content (AvgIpc) is 3.47. The summed E-state index contributed by atoms with van der Waals surface area (Å²) >= 11 is 0. The van der Waals surface area contributed by atoms with Crippen LogP contribution < -0.4 is 14.4 Å². The van der Waals surface area contributed by atoms with Gasteiger partial charge < -0.3 is 24.0 Å². The summed E-state index contributed by atoms with van der Waals surface area (Å²) in [7, 11) is 0. The zero-order valence-electron chi connectivity index (χ0n) is 26.1. The molecule has 4 aromatic rings. The van der Waals surface area contributed by atoms with Gasteiger partial charge in [0, 0.05) is 30.4 Å². The van der Waals surface area contributed by atoms with Gasteiger partial charge in [-0.3, -0.25) is 0 Å². The number of fused-ring (bicyclic) bond motifs is 1. The number of halogens is 1. The van der Waals surface area contributed by atoms with Crippen LogP contribution in [0.3, 0.4) is 0 Å². The molecule has 6 rings (SSSR count). The Morgan fingerprint density at radius 1 is 0.844 bits per heavy atom. The Labute approximate surface area is 264 Å². The van der Waals surface area contributed by atoms with Crippen molar-refractivity contribution in [2.45, 2.75) is 64.6 Å². The first kappa shape index (κ1) is 30.4. The lowest BCUT2D eigenvalue weighted by Crippen LogP contribution is -2.54. The number of carbonyl (C=O) groups excluding carboxylic acids is 1. The molecule has 0 saturated carbocycles. The van der Waals surface area contributed by atoms with E-state index in [1.807, 2.05) is 99.6 Å². The first-order valence-electron chi connectivity index (χ1n) is 15.6. The minimum atomic E-state index is -1.19. The van der Waals surface area contributed by atoms with E-state index in [1.165, 1.54) is 4.90 Å². The maximum Gasteiger partial charge on any atom is 0.410 e. The van der Waals surface area contributed by atoms with E-state index in [1.54, 1.807) is 0 Å². The van der Waals surface area contributed by atoms with Gasteiger partial charge in [0.1, 0.15) is 25.0 Å². The maximum absolute atomic E-state index is 15.7. The Morgan fingerprint density at radius 3 is 2.20 bits per heavy atom. The highest BCUT2D eigenvalue weighted by molar-refractivity contribution is 5.79. The summed E-state index contributed by atoms with van der Waals surface area (Å²) in [5.74, 6) is 0.974. The van der Waals surface area contributed by atoms with Crippen molar-refractivity contribution in [3.8, 4) is 22.9 Å². The molecule has 2 atom stereocenters. The number of hydrogen-bond donors (Lipinski definition) is 0. The van der Waals surface area contributed by atoms with Crippen molar-refractivity contribution in [3.05, 3.63) is 108 Å². The second kappa shape index (κ2) is 13.2. The molecule has 1 saturated heterocycles. The van der Waals surface area contributed by atoms with Crippen molar-refractivity contribution in [3.63, 3.8) is 0 Å². The second-order valence-electron chi connectivity index (χ2n) is 12.6. The van der Waals surface area contributed by atoms with Crippen molar-refractivity contribution in [2.24, 2.45) is 0 Å². The number of benzene rings is 3. The first-order chi connectivity index (χ1) is 21.7. The van der Waals surface area contributed by atoms with Gasteiger partial charge in [0.2, 0.25) is 11.8 Å². The molecule has 234 valence electrons. The Bertz CT molecular complexity index is 1610. The Hall–Kier alpha value is -4.59. The van der Waals surface area contributed by atoms with E-state index in [2.05, 4.69) is 17.0 Å². The molecule has 0 spiro atoms. The molecule has 3 heterocycles. The van der Waals surface area contributed by atoms with E-state index in [-0.39, 0.29) is 12.6 Å². The molecular formula is C37H40FN3O4. The SMILES string of the molecule is CC(C)(C)OC(=O)N1CC[C@@H](N2CCc3c(-c4ccc(OCc5ccccc5)nc4OCc4ccccc4)cccc32)[C@@H](F)C1. The smallest absolute Gasteiger partial charge is 0.410 e. The van der Waals surface area contributed by atoms with Crippen LogP contribution in [0.4, 0.5) is 14.9 Å². The van der Waals surface area contributed by atoms with Crippen molar-refractivity contribution in [1.82, 2.24) is 9.88 Å². The molecule has 1 fully saturated rings. The third-order valence-electron chi connectivity index (χ3n) is 8.20. The van der Waals surface area contributed by atoms with Crippen LogP contribution in [0.5, 0.6) is 11.8 Å². The molecule has 2 aliphatic heterocycles. The van der Waals surface area contributed by atoms with Gasteiger partial charge in [0.25, 0.3) is 0 Å². The number of piperidine rings is 1. The highest BCUT2D eigenvalue weighted by atomic mass is 19.1. The van der Waals surface area contributed by atoms with Crippen LogP contribution in [0, 0.1) is 0 Å².